The van der Waals surface area contributed by atoms with Crippen molar-refractivity contribution in [2.75, 3.05) is 13.7 Å². The molecule has 1 aromatic carbocycles. The van der Waals surface area contributed by atoms with Gasteiger partial charge in [-0.25, -0.2) is 4.79 Å². The van der Waals surface area contributed by atoms with Gasteiger partial charge in [0.15, 0.2) is 0 Å². The van der Waals surface area contributed by atoms with Gasteiger partial charge in [0.05, 0.1) is 7.11 Å². The highest BCUT2D eigenvalue weighted by molar-refractivity contribution is 5.59. The van der Waals surface area contributed by atoms with E-state index in [4.69, 9.17) is 4.74 Å². The molecule has 0 amide bonds. The first-order valence-electron chi connectivity index (χ1n) is 7.33. The van der Waals surface area contributed by atoms with Crippen molar-refractivity contribution >= 4 is 6.16 Å². The van der Waals surface area contributed by atoms with Crippen molar-refractivity contribution in [1.82, 2.24) is 5.32 Å². The monoisotopic (exact) mass is 291 g/mol. The molecule has 4 heteroatoms. The van der Waals surface area contributed by atoms with E-state index in [1.54, 1.807) is 0 Å². The minimum Gasteiger partial charge on any atom is -0.438 e. The molecule has 4 nitrogen and oxygen atoms in total. The third-order valence-electron chi connectivity index (χ3n) is 3.65. The van der Waals surface area contributed by atoms with Gasteiger partial charge in [-0.3, -0.25) is 0 Å². The minimum atomic E-state index is -0.657. The Morgan fingerprint density at radius 2 is 1.90 bits per heavy atom. The van der Waals surface area contributed by atoms with Crippen molar-refractivity contribution in [2.24, 2.45) is 0 Å². The molecule has 0 bridgehead atoms. The second kappa shape index (κ2) is 9.19. The van der Waals surface area contributed by atoms with Gasteiger partial charge < -0.3 is 14.8 Å². The molecular formula is C17H25NO3. The van der Waals surface area contributed by atoms with Gasteiger partial charge in [0.25, 0.3) is 0 Å². The zero-order valence-corrected chi connectivity index (χ0v) is 13.1. The summed E-state index contributed by atoms with van der Waals surface area (Å²) in [5.74, 6) is 0. The molecule has 1 N–H and O–H groups in total. The first-order chi connectivity index (χ1) is 10.2. The fourth-order valence-corrected chi connectivity index (χ4v) is 2.12. The third kappa shape index (κ3) is 6.00. The average molecular weight is 291 g/mol. The van der Waals surface area contributed by atoms with Crippen molar-refractivity contribution in [3.8, 4) is 0 Å². The highest BCUT2D eigenvalue weighted by atomic mass is 16.7. The van der Waals surface area contributed by atoms with E-state index in [1.807, 2.05) is 24.3 Å². The predicted octanol–water partition coefficient (Wildman–Crippen LogP) is 3.67. The summed E-state index contributed by atoms with van der Waals surface area (Å²) in [5, 5.41) is 3.59. The van der Waals surface area contributed by atoms with Crippen LogP contribution in [0.4, 0.5) is 4.79 Å². The summed E-state index contributed by atoms with van der Waals surface area (Å²) in [7, 11) is 1.30. The summed E-state index contributed by atoms with van der Waals surface area (Å²) < 4.78 is 9.29. The maximum Gasteiger partial charge on any atom is 0.508 e. The molecule has 0 fully saturated rings. The molecule has 0 aliphatic heterocycles. The van der Waals surface area contributed by atoms with Gasteiger partial charge in [0.2, 0.25) is 0 Å². The van der Waals surface area contributed by atoms with E-state index in [-0.39, 0.29) is 12.1 Å². The van der Waals surface area contributed by atoms with Gasteiger partial charge in [-0.05, 0) is 24.5 Å². The van der Waals surface area contributed by atoms with Crippen molar-refractivity contribution in [3.63, 3.8) is 0 Å². The van der Waals surface area contributed by atoms with Crippen molar-refractivity contribution < 1.29 is 14.3 Å². The first kappa shape index (κ1) is 17.2. The number of nitrogens with one attached hydrogen (secondary N) is 1. The van der Waals surface area contributed by atoms with Crippen LogP contribution in [0.2, 0.25) is 0 Å². The number of benzene rings is 1. The zero-order chi connectivity index (χ0) is 15.6. The number of ether oxygens (including phenoxy) is 2. The minimum absolute atomic E-state index is 0.0880. The van der Waals surface area contributed by atoms with Crippen LogP contribution in [0, 0.1) is 0 Å². The predicted molar refractivity (Wildman–Crippen MR) is 84.1 cm³/mol. The van der Waals surface area contributed by atoms with Crippen LogP contribution < -0.4 is 5.32 Å². The standard InChI is InChI=1S/C17H25NO3/c1-4-17(5-2,12-9-13-21-16(19)20-3)18-14-15-10-7-6-8-11-15/h6-12,18H,4-5,13-14H2,1-3H3/b12-9+. The molecule has 0 unspecified atom stereocenters. The molecule has 0 saturated heterocycles. The van der Waals surface area contributed by atoms with Gasteiger partial charge in [0, 0.05) is 12.1 Å². The number of rotatable bonds is 8. The summed E-state index contributed by atoms with van der Waals surface area (Å²) in [6.07, 6.45) is 5.21. The third-order valence-corrected chi connectivity index (χ3v) is 3.65. The molecule has 116 valence electrons. The summed E-state index contributed by atoms with van der Waals surface area (Å²) in [6.45, 7) is 5.33. The Hall–Kier alpha value is -1.81. The van der Waals surface area contributed by atoms with Crippen LogP contribution in [-0.4, -0.2) is 25.4 Å². The molecule has 1 rings (SSSR count). The van der Waals surface area contributed by atoms with E-state index in [9.17, 15) is 4.79 Å². The Bertz CT molecular complexity index is 439. The van der Waals surface area contributed by atoms with Crippen LogP contribution >= 0.6 is 0 Å². The molecule has 0 aromatic heterocycles. The number of methoxy groups -OCH3 is 1. The lowest BCUT2D eigenvalue weighted by Crippen LogP contribution is -2.41. The van der Waals surface area contributed by atoms with Gasteiger partial charge >= 0.3 is 6.16 Å². The van der Waals surface area contributed by atoms with Crippen LogP contribution in [0.3, 0.4) is 0 Å². The Morgan fingerprint density at radius 3 is 2.48 bits per heavy atom. The van der Waals surface area contributed by atoms with E-state index in [2.05, 4.69) is 42.1 Å². The lowest BCUT2D eigenvalue weighted by molar-refractivity contribution is 0.0816. The van der Waals surface area contributed by atoms with Gasteiger partial charge in [-0.1, -0.05) is 50.3 Å². The van der Waals surface area contributed by atoms with E-state index in [0.717, 1.165) is 19.4 Å². The number of hydrogen-bond acceptors (Lipinski definition) is 4. The van der Waals surface area contributed by atoms with Crippen LogP contribution in [0.1, 0.15) is 32.3 Å². The van der Waals surface area contributed by atoms with E-state index in [0.29, 0.717) is 0 Å². The maximum absolute atomic E-state index is 10.9. The summed E-state index contributed by atoms with van der Waals surface area (Å²) >= 11 is 0. The zero-order valence-electron chi connectivity index (χ0n) is 13.1. The Morgan fingerprint density at radius 1 is 1.24 bits per heavy atom. The van der Waals surface area contributed by atoms with Crippen LogP contribution in [0.25, 0.3) is 0 Å². The van der Waals surface area contributed by atoms with Crippen molar-refractivity contribution in [2.45, 2.75) is 38.8 Å². The number of carbonyl (C=O) groups is 1. The molecule has 0 heterocycles. The summed E-state index contributed by atoms with van der Waals surface area (Å²) in [5.41, 5.74) is 1.16. The van der Waals surface area contributed by atoms with Crippen molar-refractivity contribution in [1.29, 1.82) is 0 Å². The second-order valence-electron chi connectivity index (χ2n) is 4.87. The van der Waals surface area contributed by atoms with E-state index < -0.39 is 6.16 Å². The lowest BCUT2D eigenvalue weighted by atomic mass is 9.92. The largest absolute Gasteiger partial charge is 0.508 e. The molecule has 0 aliphatic rings. The lowest BCUT2D eigenvalue weighted by Gasteiger charge is -2.30. The molecular weight excluding hydrogens is 266 g/mol. The smallest absolute Gasteiger partial charge is 0.438 e. The van der Waals surface area contributed by atoms with E-state index >= 15 is 0 Å². The van der Waals surface area contributed by atoms with Gasteiger partial charge in [-0.2, -0.15) is 0 Å². The topological polar surface area (TPSA) is 47.6 Å². The van der Waals surface area contributed by atoms with E-state index in [1.165, 1.54) is 12.7 Å². The fourth-order valence-electron chi connectivity index (χ4n) is 2.12. The summed E-state index contributed by atoms with van der Waals surface area (Å²) in [6, 6.07) is 10.3. The average Bonchev–Trinajstić information content (AvgIpc) is 2.55. The molecule has 0 atom stereocenters. The summed E-state index contributed by atoms with van der Waals surface area (Å²) in [4.78, 5) is 10.9. The molecule has 1 aromatic rings. The molecule has 0 radical (unpaired) electrons. The number of hydrogen-bond donors (Lipinski definition) is 1. The van der Waals surface area contributed by atoms with Crippen LogP contribution in [-0.2, 0) is 16.0 Å². The van der Waals surface area contributed by atoms with Crippen molar-refractivity contribution in [3.05, 3.63) is 48.0 Å². The van der Waals surface area contributed by atoms with Crippen LogP contribution in [0.5, 0.6) is 0 Å². The molecule has 0 saturated carbocycles. The highest BCUT2D eigenvalue weighted by Crippen LogP contribution is 2.18. The van der Waals surface area contributed by atoms with Gasteiger partial charge in [0.1, 0.15) is 6.61 Å². The normalized spacial score (nSPS) is 11.6. The Kier molecular flexibility index (Phi) is 7.54. The molecule has 0 spiro atoms. The quantitative estimate of drug-likeness (QED) is 0.586. The fraction of sp³-hybridized carbons (Fsp3) is 0.471. The molecule has 0 aliphatic carbocycles. The highest BCUT2D eigenvalue weighted by Gasteiger charge is 2.21. The molecule has 21 heavy (non-hydrogen) atoms. The SMILES string of the molecule is CCC(/C=C/COC(=O)OC)(CC)NCc1ccccc1. The maximum atomic E-state index is 10.9. The first-order valence-corrected chi connectivity index (χ1v) is 7.33. The second-order valence-corrected chi connectivity index (χ2v) is 4.87. The van der Waals surface area contributed by atoms with Gasteiger partial charge in [-0.15, -0.1) is 0 Å². The Balaban J connectivity index is 2.56. The van der Waals surface area contributed by atoms with Crippen LogP contribution in [0.15, 0.2) is 42.5 Å². The Labute approximate surface area is 127 Å². The number of carbonyl (C=O) groups excluding carboxylic acids is 1.